The van der Waals surface area contributed by atoms with Gasteiger partial charge in [0.05, 0.1) is 6.61 Å². The maximum absolute atomic E-state index is 9.69. The zero-order valence-electron chi connectivity index (χ0n) is 12.4. The first-order valence-corrected chi connectivity index (χ1v) is 8.33. The van der Waals surface area contributed by atoms with Crippen LogP contribution in [0.5, 0.6) is 0 Å². The summed E-state index contributed by atoms with van der Waals surface area (Å²) >= 11 is 0. The second-order valence-electron chi connectivity index (χ2n) is 7.32. The molecule has 3 fully saturated rings. The normalized spacial score (nSPS) is 35.1. The van der Waals surface area contributed by atoms with Gasteiger partial charge in [0.2, 0.25) is 0 Å². The predicted molar refractivity (Wildman–Crippen MR) is 78.2 cm³/mol. The van der Waals surface area contributed by atoms with Gasteiger partial charge in [-0.15, -0.1) is 0 Å². The van der Waals surface area contributed by atoms with Crippen LogP contribution in [0.1, 0.15) is 58.3 Å². The predicted octanol–water partition coefficient (Wildman–Crippen LogP) is 2.14. The van der Waals surface area contributed by atoms with Gasteiger partial charge in [-0.2, -0.15) is 0 Å². The van der Waals surface area contributed by atoms with Crippen LogP contribution in [-0.2, 0) is 0 Å². The highest BCUT2D eigenvalue weighted by molar-refractivity contribution is 4.95. The second kappa shape index (κ2) is 5.71. The monoisotopic (exact) mass is 266 g/mol. The molecular weight excluding hydrogens is 236 g/mol. The molecule has 3 aliphatic rings. The number of likely N-dealkylation sites (tertiary alicyclic amines) is 1. The number of nitrogens with zero attached hydrogens (tertiary/aromatic N) is 1. The number of hydrogen-bond donors (Lipinski definition) is 2. The smallest absolute Gasteiger partial charge is 0.0611 e. The Hall–Kier alpha value is -0.120. The third kappa shape index (κ3) is 3.32. The van der Waals surface area contributed by atoms with E-state index < -0.39 is 0 Å². The third-order valence-electron chi connectivity index (χ3n) is 5.55. The molecule has 0 aromatic carbocycles. The Bertz CT molecular complexity index is 305. The first-order chi connectivity index (χ1) is 9.20. The van der Waals surface area contributed by atoms with Gasteiger partial charge < -0.3 is 15.3 Å². The summed E-state index contributed by atoms with van der Waals surface area (Å²) in [7, 11) is 0. The highest BCUT2D eigenvalue weighted by Gasteiger charge is 2.37. The molecule has 3 unspecified atom stereocenters. The van der Waals surface area contributed by atoms with Crippen LogP contribution in [-0.4, -0.2) is 47.3 Å². The number of nitrogens with one attached hydrogen (secondary N) is 1. The molecule has 0 amide bonds. The van der Waals surface area contributed by atoms with Crippen LogP contribution in [0.2, 0.25) is 0 Å². The Morgan fingerprint density at radius 1 is 1.16 bits per heavy atom. The SMILES string of the molecule is CC(CO)(CCN1CCC2CCCCC21)NC1CC1. The van der Waals surface area contributed by atoms with Crippen molar-refractivity contribution in [1.29, 1.82) is 0 Å². The summed E-state index contributed by atoms with van der Waals surface area (Å²) in [6, 6.07) is 1.54. The molecule has 1 heterocycles. The molecule has 3 rings (SSSR count). The maximum Gasteiger partial charge on any atom is 0.0611 e. The molecule has 0 aromatic heterocycles. The number of aliphatic hydroxyl groups excluding tert-OH is 1. The van der Waals surface area contributed by atoms with Crippen LogP contribution in [0.4, 0.5) is 0 Å². The lowest BCUT2D eigenvalue weighted by Gasteiger charge is -2.35. The first kappa shape index (κ1) is 13.8. The molecule has 3 heteroatoms. The van der Waals surface area contributed by atoms with Crippen molar-refractivity contribution in [3.05, 3.63) is 0 Å². The van der Waals surface area contributed by atoms with Crippen molar-refractivity contribution >= 4 is 0 Å². The molecule has 2 saturated carbocycles. The Balaban J connectivity index is 1.50. The van der Waals surface area contributed by atoms with E-state index in [0.29, 0.717) is 6.04 Å². The van der Waals surface area contributed by atoms with Crippen LogP contribution in [0.3, 0.4) is 0 Å². The molecule has 3 nitrogen and oxygen atoms in total. The van der Waals surface area contributed by atoms with E-state index in [4.69, 9.17) is 0 Å². The van der Waals surface area contributed by atoms with Crippen LogP contribution in [0, 0.1) is 5.92 Å². The summed E-state index contributed by atoms with van der Waals surface area (Å²) < 4.78 is 0. The standard InChI is InChI=1S/C16H30N2O/c1-16(12-19,17-14-6-7-14)9-11-18-10-8-13-4-2-3-5-15(13)18/h13-15,17,19H,2-12H2,1H3. The van der Waals surface area contributed by atoms with Gasteiger partial charge in [0.15, 0.2) is 0 Å². The minimum atomic E-state index is -0.0616. The topological polar surface area (TPSA) is 35.5 Å². The average molecular weight is 266 g/mol. The first-order valence-electron chi connectivity index (χ1n) is 8.33. The van der Waals surface area contributed by atoms with Gasteiger partial charge in [-0.3, -0.25) is 0 Å². The van der Waals surface area contributed by atoms with Gasteiger partial charge >= 0.3 is 0 Å². The van der Waals surface area contributed by atoms with Gasteiger partial charge in [0.1, 0.15) is 0 Å². The van der Waals surface area contributed by atoms with Crippen molar-refractivity contribution in [2.75, 3.05) is 19.7 Å². The average Bonchev–Trinajstić information content (AvgIpc) is 3.14. The summed E-state index contributed by atoms with van der Waals surface area (Å²) in [5.74, 6) is 0.977. The fourth-order valence-corrected chi connectivity index (χ4v) is 4.09. The highest BCUT2D eigenvalue weighted by atomic mass is 16.3. The van der Waals surface area contributed by atoms with Crippen molar-refractivity contribution in [3.8, 4) is 0 Å². The van der Waals surface area contributed by atoms with Crippen LogP contribution < -0.4 is 5.32 Å². The van der Waals surface area contributed by atoms with Crippen molar-refractivity contribution in [3.63, 3.8) is 0 Å². The molecule has 1 aliphatic heterocycles. The van der Waals surface area contributed by atoms with Crippen molar-refractivity contribution in [2.24, 2.45) is 5.92 Å². The van der Waals surface area contributed by atoms with E-state index in [2.05, 4.69) is 17.1 Å². The number of aliphatic hydroxyl groups is 1. The van der Waals surface area contributed by atoms with E-state index in [-0.39, 0.29) is 12.1 Å². The Kier molecular flexibility index (Phi) is 4.16. The van der Waals surface area contributed by atoms with E-state index in [0.717, 1.165) is 24.9 Å². The second-order valence-corrected chi connectivity index (χ2v) is 7.32. The summed E-state index contributed by atoms with van der Waals surface area (Å²) in [6.45, 7) is 4.92. The van der Waals surface area contributed by atoms with Crippen LogP contribution in [0.15, 0.2) is 0 Å². The van der Waals surface area contributed by atoms with Gasteiger partial charge in [0, 0.05) is 24.2 Å². The zero-order chi connectivity index (χ0) is 13.3. The number of rotatable bonds is 6. The Labute approximate surface area is 117 Å². The molecule has 0 spiro atoms. The van der Waals surface area contributed by atoms with Gasteiger partial charge in [-0.25, -0.2) is 0 Å². The maximum atomic E-state index is 9.69. The Morgan fingerprint density at radius 2 is 1.95 bits per heavy atom. The van der Waals surface area contributed by atoms with Crippen LogP contribution >= 0.6 is 0 Å². The number of fused-ring (bicyclic) bond motifs is 1. The van der Waals surface area contributed by atoms with Crippen molar-refractivity contribution in [2.45, 2.75) is 75.9 Å². The highest BCUT2D eigenvalue weighted by Crippen LogP contribution is 2.36. The molecular formula is C16H30N2O. The minimum absolute atomic E-state index is 0.0616. The molecule has 0 bridgehead atoms. The summed E-state index contributed by atoms with van der Waals surface area (Å²) in [4.78, 5) is 2.71. The lowest BCUT2D eigenvalue weighted by molar-refractivity contribution is 0.126. The third-order valence-corrected chi connectivity index (χ3v) is 5.55. The van der Waals surface area contributed by atoms with Gasteiger partial charge in [0.25, 0.3) is 0 Å². The molecule has 2 N–H and O–H groups in total. The van der Waals surface area contributed by atoms with Crippen molar-refractivity contribution in [1.82, 2.24) is 10.2 Å². The van der Waals surface area contributed by atoms with Gasteiger partial charge in [-0.05, 0) is 57.9 Å². The largest absolute Gasteiger partial charge is 0.394 e. The molecule has 1 saturated heterocycles. The molecule has 2 aliphatic carbocycles. The fourth-order valence-electron chi connectivity index (χ4n) is 4.09. The molecule has 0 aromatic rings. The van der Waals surface area contributed by atoms with E-state index in [1.165, 1.54) is 51.5 Å². The summed E-state index contributed by atoms with van der Waals surface area (Å²) in [5.41, 5.74) is -0.0616. The minimum Gasteiger partial charge on any atom is -0.394 e. The van der Waals surface area contributed by atoms with Crippen LogP contribution in [0.25, 0.3) is 0 Å². The van der Waals surface area contributed by atoms with E-state index in [1.807, 2.05) is 0 Å². The molecule has 3 atom stereocenters. The van der Waals surface area contributed by atoms with E-state index in [1.54, 1.807) is 0 Å². The van der Waals surface area contributed by atoms with Crippen molar-refractivity contribution < 1.29 is 5.11 Å². The van der Waals surface area contributed by atoms with E-state index >= 15 is 0 Å². The lowest BCUT2D eigenvalue weighted by atomic mass is 9.85. The summed E-state index contributed by atoms with van der Waals surface area (Å²) in [5, 5.41) is 13.3. The molecule has 19 heavy (non-hydrogen) atoms. The number of hydrogen-bond acceptors (Lipinski definition) is 3. The fraction of sp³-hybridized carbons (Fsp3) is 1.00. The molecule has 0 radical (unpaired) electrons. The Morgan fingerprint density at radius 3 is 2.68 bits per heavy atom. The van der Waals surface area contributed by atoms with E-state index in [9.17, 15) is 5.11 Å². The lowest BCUT2D eigenvalue weighted by Crippen LogP contribution is -2.49. The molecule has 110 valence electrons. The van der Waals surface area contributed by atoms with Gasteiger partial charge in [-0.1, -0.05) is 12.8 Å². The zero-order valence-corrected chi connectivity index (χ0v) is 12.4. The summed E-state index contributed by atoms with van der Waals surface area (Å²) in [6.07, 6.45) is 10.8. The quantitative estimate of drug-likeness (QED) is 0.773.